The van der Waals surface area contributed by atoms with Crippen LogP contribution in [0.4, 0.5) is 4.39 Å². The number of hydrogen-bond acceptors (Lipinski definition) is 1. The van der Waals surface area contributed by atoms with Crippen LogP contribution in [0.15, 0.2) is 54.6 Å². The average molecular weight is 255 g/mol. The van der Waals surface area contributed by atoms with Crippen molar-refractivity contribution in [2.45, 2.75) is 6.73 Å². The van der Waals surface area contributed by atoms with Gasteiger partial charge >= 0.3 is 0 Å². The lowest BCUT2D eigenvalue weighted by molar-refractivity contribution is 0.136. The van der Waals surface area contributed by atoms with Crippen molar-refractivity contribution in [1.29, 1.82) is 0 Å². The van der Waals surface area contributed by atoms with Gasteiger partial charge in [0.15, 0.2) is 0 Å². The van der Waals surface area contributed by atoms with Crippen LogP contribution in [0.3, 0.4) is 0 Å². The van der Waals surface area contributed by atoms with Gasteiger partial charge in [-0.3, -0.25) is 0 Å². The second-order valence-electron chi connectivity index (χ2n) is 4.44. The Labute approximate surface area is 111 Å². The molecule has 0 N–H and O–H groups in total. The molecule has 0 radical (unpaired) electrons. The van der Waals surface area contributed by atoms with E-state index in [-0.39, 0.29) is 5.82 Å². The largest absolute Gasteiger partial charge is 0.364 e. The molecule has 1 aromatic heterocycles. The zero-order valence-electron chi connectivity index (χ0n) is 10.6. The minimum atomic E-state index is -0.224. The highest BCUT2D eigenvalue weighted by atomic mass is 19.1. The first-order chi connectivity index (χ1) is 9.29. The van der Waals surface area contributed by atoms with E-state index in [4.69, 9.17) is 4.74 Å². The van der Waals surface area contributed by atoms with Gasteiger partial charge in [-0.05, 0) is 42.0 Å². The Morgan fingerprint density at radius 2 is 1.79 bits per heavy atom. The molecule has 96 valence electrons. The molecular formula is C16H14FNO. The van der Waals surface area contributed by atoms with Crippen molar-refractivity contribution in [3.8, 4) is 11.3 Å². The Hall–Kier alpha value is -2.13. The van der Waals surface area contributed by atoms with Crippen molar-refractivity contribution < 1.29 is 9.13 Å². The monoisotopic (exact) mass is 255 g/mol. The van der Waals surface area contributed by atoms with Crippen LogP contribution in [-0.4, -0.2) is 11.7 Å². The number of hydrogen-bond donors (Lipinski definition) is 0. The van der Waals surface area contributed by atoms with E-state index >= 15 is 0 Å². The van der Waals surface area contributed by atoms with E-state index in [1.165, 1.54) is 12.1 Å². The number of rotatable bonds is 3. The number of para-hydroxylation sites is 1. The first kappa shape index (κ1) is 11.9. The Balaban J connectivity index is 2.21. The van der Waals surface area contributed by atoms with Crippen LogP contribution in [0.1, 0.15) is 0 Å². The summed E-state index contributed by atoms with van der Waals surface area (Å²) in [5.41, 5.74) is 3.13. The Bertz CT molecular complexity index is 700. The summed E-state index contributed by atoms with van der Waals surface area (Å²) in [6.45, 7) is 0.472. The zero-order chi connectivity index (χ0) is 13.2. The summed E-state index contributed by atoms with van der Waals surface area (Å²) in [5.74, 6) is -0.224. The van der Waals surface area contributed by atoms with Crippen molar-refractivity contribution in [2.75, 3.05) is 7.11 Å². The number of halogens is 1. The topological polar surface area (TPSA) is 14.2 Å². The van der Waals surface area contributed by atoms with Gasteiger partial charge in [-0.1, -0.05) is 18.2 Å². The molecule has 0 saturated heterocycles. The number of benzene rings is 2. The molecule has 0 amide bonds. The van der Waals surface area contributed by atoms with Gasteiger partial charge in [-0.25, -0.2) is 4.39 Å². The van der Waals surface area contributed by atoms with E-state index < -0.39 is 0 Å². The maximum absolute atomic E-state index is 13.0. The molecule has 2 aromatic carbocycles. The summed E-state index contributed by atoms with van der Waals surface area (Å²) >= 11 is 0. The van der Waals surface area contributed by atoms with Gasteiger partial charge in [0.25, 0.3) is 0 Å². The third-order valence-electron chi connectivity index (χ3n) is 3.21. The Morgan fingerprint density at radius 3 is 2.53 bits per heavy atom. The lowest BCUT2D eigenvalue weighted by Gasteiger charge is -2.09. The molecule has 0 spiro atoms. The van der Waals surface area contributed by atoms with Crippen LogP contribution in [0, 0.1) is 5.82 Å². The highest BCUT2D eigenvalue weighted by Crippen LogP contribution is 2.28. The smallest absolute Gasteiger partial charge is 0.123 e. The third-order valence-corrected chi connectivity index (χ3v) is 3.21. The van der Waals surface area contributed by atoms with Crippen molar-refractivity contribution in [3.63, 3.8) is 0 Å². The zero-order valence-corrected chi connectivity index (χ0v) is 10.6. The van der Waals surface area contributed by atoms with Gasteiger partial charge < -0.3 is 9.30 Å². The number of methoxy groups -OCH3 is 1. The third kappa shape index (κ3) is 2.13. The predicted octanol–water partition coefficient (Wildman–Crippen LogP) is 4.05. The van der Waals surface area contributed by atoms with Crippen LogP contribution in [0.25, 0.3) is 22.2 Å². The second-order valence-corrected chi connectivity index (χ2v) is 4.44. The van der Waals surface area contributed by atoms with Crippen LogP contribution in [0.2, 0.25) is 0 Å². The highest BCUT2D eigenvalue weighted by Gasteiger charge is 2.09. The first-order valence-corrected chi connectivity index (χ1v) is 6.13. The standard InChI is InChI=1S/C16H14FNO/c1-19-11-18-15-5-3-2-4-13(15)10-16(18)12-6-8-14(17)9-7-12/h2-10H,11H2,1H3. The highest BCUT2D eigenvalue weighted by molar-refractivity contribution is 5.86. The molecule has 0 aliphatic rings. The van der Waals surface area contributed by atoms with Gasteiger partial charge in [-0.2, -0.15) is 0 Å². The average Bonchev–Trinajstić information content (AvgIpc) is 2.79. The van der Waals surface area contributed by atoms with Crippen LogP contribution in [0.5, 0.6) is 0 Å². The fourth-order valence-corrected chi connectivity index (χ4v) is 2.34. The van der Waals surface area contributed by atoms with Crippen molar-refractivity contribution in [2.24, 2.45) is 0 Å². The summed E-state index contributed by atoms with van der Waals surface area (Å²) in [4.78, 5) is 0. The molecule has 19 heavy (non-hydrogen) atoms. The van der Waals surface area contributed by atoms with E-state index in [0.717, 1.165) is 22.2 Å². The molecule has 0 aliphatic carbocycles. The summed E-state index contributed by atoms with van der Waals surface area (Å²) in [6, 6.07) is 16.8. The molecule has 3 aromatic rings. The molecule has 0 fully saturated rings. The quantitative estimate of drug-likeness (QED) is 0.688. The van der Waals surface area contributed by atoms with E-state index in [1.807, 2.05) is 12.1 Å². The number of aromatic nitrogens is 1. The molecule has 0 aliphatic heterocycles. The SMILES string of the molecule is COCn1c(-c2ccc(F)cc2)cc2ccccc21. The van der Waals surface area contributed by atoms with E-state index in [1.54, 1.807) is 19.2 Å². The lowest BCUT2D eigenvalue weighted by atomic mass is 10.1. The Morgan fingerprint density at radius 1 is 1.05 bits per heavy atom. The Kier molecular flexibility index (Phi) is 3.05. The lowest BCUT2D eigenvalue weighted by Crippen LogP contribution is -2.01. The normalized spacial score (nSPS) is 11.1. The van der Waals surface area contributed by atoms with Crippen LogP contribution >= 0.6 is 0 Å². The van der Waals surface area contributed by atoms with Gasteiger partial charge in [0.05, 0.1) is 11.2 Å². The molecule has 0 bridgehead atoms. The fourth-order valence-electron chi connectivity index (χ4n) is 2.34. The van der Waals surface area contributed by atoms with Gasteiger partial charge in [0.1, 0.15) is 12.5 Å². The van der Waals surface area contributed by atoms with Crippen LogP contribution < -0.4 is 0 Å². The first-order valence-electron chi connectivity index (χ1n) is 6.13. The summed E-state index contributed by atoms with van der Waals surface area (Å²) < 4.78 is 20.4. The van der Waals surface area contributed by atoms with Gasteiger partial charge in [0.2, 0.25) is 0 Å². The molecule has 1 heterocycles. The minimum Gasteiger partial charge on any atom is -0.364 e. The van der Waals surface area contributed by atoms with Gasteiger partial charge in [-0.15, -0.1) is 0 Å². The maximum atomic E-state index is 13.0. The summed E-state index contributed by atoms with van der Waals surface area (Å²) in [7, 11) is 1.67. The molecular weight excluding hydrogens is 241 g/mol. The van der Waals surface area contributed by atoms with E-state index in [9.17, 15) is 4.39 Å². The van der Waals surface area contributed by atoms with E-state index in [0.29, 0.717) is 6.73 Å². The molecule has 0 unspecified atom stereocenters. The number of nitrogens with zero attached hydrogens (tertiary/aromatic N) is 1. The maximum Gasteiger partial charge on any atom is 0.123 e. The number of fused-ring (bicyclic) bond motifs is 1. The summed E-state index contributed by atoms with van der Waals surface area (Å²) in [5, 5.41) is 1.15. The predicted molar refractivity (Wildman–Crippen MR) is 74.3 cm³/mol. The molecule has 3 heteroatoms. The van der Waals surface area contributed by atoms with Crippen molar-refractivity contribution in [3.05, 3.63) is 60.4 Å². The summed E-state index contributed by atoms with van der Waals surface area (Å²) in [6.07, 6.45) is 0. The molecule has 2 nitrogen and oxygen atoms in total. The fraction of sp³-hybridized carbons (Fsp3) is 0.125. The van der Waals surface area contributed by atoms with Crippen molar-refractivity contribution >= 4 is 10.9 Å². The molecule has 0 saturated carbocycles. The van der Waals surface area contributed by atoms with Crippen molar-refractivity contribution in [1.82, 2.24) is 4.57 Å². The van der Waals surface area contributed by atoms with E-state index in [2.05, 4.69) is 22.8 Å². The van der Waals surface area contributed by atoms with Gasteiger partial charge in [0, 0.05) is 12.5 Å². The molecule has 3 rings (SSSR count). The minimum absolute atomic E-state index is 0.224. The van der Waals surface area contributed by atoms with Crippen LogP contribution in [-0.2, 0) is 11.5 Å². The second kappa shape index (κ2) is 4.86. The molecule has 0 atom stereocenters. The number of ether oxygens (including phenoxy) is 1.